The van der Waals surface area contributed by atoms with Crippen LogP contribution in [0.25, 0.3) is 28.5 Å². The maximum atomic E-state index is 12.1. The number of carbonyl (C=O) groups is 1. The van der Waals surface area contributed by atoms with E-state index in [1.165, 1.54) is 29.3 Å². The number of carboxylic acids is 1. The second kappa shape index (κ2) is 10.3. The molecule has 4 heterocycles. The summed E-state index contributed by atoms with van der Waals surface area (Å²) < 4.78 is 38.7. The van der Waals surface area contributed by atoms with E-state index in [1.54, 1.807) is 12.3 Å². The third kappa shape index (κ3) is 5.97. The summed E-state index contributed by atoms with van der Waals surface area (Å²) >= 11 is 0. The number of hydrogen-bond donors (Lipinski definition) is 2. The summed E-state index contributed by atoms with van der Waals surface area (Å²) in [6.07, 6.45) is 0.544. The van der Waals surface area contributed by atoms with E-state index in [-0.39, 0.29) is 5.56 Å². The van der Waals surface area contributed by atoms with Crippen LogP contribution >= 0.6 is 0 Å². The molecule has 0 aliphatic carbocycles. The number of likely N-dealkylation sites (tertiary alicyclic amines) is 1. The number of piperidine rings is 1. The van der Waals surface area contributed by atoms with Crippen LogP contribution in [0.3, 0.4) is 0 Å². The summed E-state index contributed by atoms with van der Waals surface area (Å²) in [5, 5.41) is 15.7. The number of aliphatic carboxylic acids is 1. The van der Waals surface area contributed by atoms with Crippen molar-refractivity contribution in [3.63, 3.8) is 0 Å². The van der Waals surface area contributed by atoms with E-state index in [2.05, 4.69) is 37.3 Å². The van der Waals surface area contributed by atoms with E-state index < -0.39 is 12.1 Å². The van der Waals surface area contributed by atoms with Gasteiger partial charge in [-0.1, -0.05) is 29.8 Å². The van der Waals surface area contributed by atoms with Gasteiger partial charge in [-0.3, -0.25) is 9.69 Å². The first-order chi connectivity index (χ1) is 17.1. The predicted molar refractivity (Wildman–Crippen MR) is 122 cm³/mol. The van der Waals surface area contributed by atoms with Gasteiger partial charge in [0.2, 0.25) is 5.82 Å². The number of nitrogens with zero attached hydrogens (tertiary/aromatic N) is 5. The molecule has 3 aromatic heterocycles. The maximum Gasteiger partial charge on any atom is 0.490 e. The molecule has 10 nitrogen and oxygen atoms in total. The van der Waals surface area contributed by atoms with Gasteiger partial charge in [-0.15, -0.1) is 0 Å². The van der Waals surface area contributed by atoms with Crippen LogP contribution in [0.2, 0.25) is 0 Å². The second-order valence-corrected chi connectivity index (χ2v) is 8.39. The second-order valence-electron chi connectivity index (χ2n) is 8.39. The molecule has 4 aromatic rings. The lowest BCUT2D eigenvalue weighted by Crippen LogP contribution is -2.29. The molecule has 2 N–H and O–H groups in total. The van der Waals surface area contributed by atoms with Gasteiger partial charge < -0.3 is 14.6 Å². The molecule has 1 saturated heterocycles. The third-order valence-electron chi connectivity index (χ3n) is 5.52. The molecule has 1 aliphatic heterocycles. The minimum atomic E-state index is -5.08. The van der Waals surface area contributed by atoms with Crippen molar-refractivity contribution in [1.82, 2.24) is 29.6 Å². The van der Waals surface area contributed by atoms with E-state index in [0.717, 1.165) is 30.9 Å². The van der Waals surface area contributed by atoms with E-state index in [4.69, 9.17) is 14.4 Å². The van der Waals surface area contributed by atoms with Crippen LogP contribution in [0.15, 0.2) is 45.8 Å². The SMILES string of the molecule is Cc1cn2nc(-c3nc(-c4cccc(CN5CCCCC5)c4)no3)cc2c(=O)[nH]1.O=C(O)C(F)(F)F. The number of aryl methyl sites for hydroxylation is 1. The molecule has 0 radical (unpaired) electrons. The van der Waals surface area contributed by atoms with Gasteiger partial charge in [0, 0.05) is 30.1 Å². The van der Waals surface area contributed by atoms with Crippen LogP contribution in [0.1, 0.15) is 30.5 Å². The average molecular weight is 504 g/mol. The van der Waals surface area contributed by atoms with Crippen molar-refractivity contribution in [3.05, 3.63) is 58.1 Å². The number of rotatable bonds is 4. The van der Waals surface area contributed by atoms with Crippen molar-refractivity contribution in [2.45, 2.75) is 38.9 Å². The van der Waals surface area contributed by atoms with Gasteiger partial charge in [0.1, 0.15) is 5.52 Å². The molecule has 0 bridgehead atoms. The number of halogens is 3. The van der Waals surface area contributed by atoms with Gasteiger partial charge >= 0.3 is 12.1 Å². The topological polar surface area (TPSA) is 130 Å². The molecular formula is C23H23F3N6O4. The number of aromatic amines is 1. The van der Waals surface area contributed by atoms with Gasteiger partial charge in [-0.25, -0.2) is 9.31 Å². The highest BCUT2D eigenvalue weighted by molar-refractivity contribution is 5.73. The lowest BCUT2D eigenvalue weighted by molar-refractivity contribution is -0.192. The Labute approximate surface area is 202 Å². The molecule has 0 atom stereocenters. The van der Waals surface area contributed by atoms with Crippen molar-refractivity contribution in [2.24, 2.45) is 0 Å². The Bertz CT molecular complexity index is 1420. The van der Waals surface area contributed by atoms with Gasteiger partial charge in [0.15, 0.2) is 5.69 Å². The van der Waals surface area contributed by atoms with Gasteiger partial charge in [-0.2, -0.15) is 23.3 Å². The minimum absolute atomic E-state index is 0.200. The molecule has 1 aliphatic rings. The molecule has 5 rings (SSSR count). The van der Waals surface area contributed by atoms with E-state index in [0.29, 0.717) is 22.9 Å². The summed E-state index contributed by atoms with van der Waals surface area (Å²) in [6, 6.07) is 9.91. The Morgan fingerprint density at radius 1 is 1.19 bits per heavy atom. The molecule has 0 amide bonds. The molecule has 0 spiro atoms. The summed E-state index contributed by atoms with van der Waals surface area (Å²) in [6.45, 7) is 5.06. The smallest absolute Gasteiger partial charge is 0.475 e. The number of hydrogen-bond acceptors (Lipinski definition) is 7. The normalized spacial score (nSPS) is 14.4. The van der Waals surface area contributed by atoms with Gasteiger partial charge in [-0.05, 0) is 44.5 Å². The predicted octanol–water partition coefficient (Wildman–Crippen LogP) is 3.67. The standard InChI is InChI=1S/C21H22N6O2.C2HF3O2/c1-14-12-27-18(20(28)22-14)11-17(24-27)21-23-19(25-29-21)16-7-5-6-15(10-16)13-26-8-3-2-4-9-26;3-2(4,5)1(6)7/h5-7,10-12H,2-4,8-9,13H2,1H3,(H,22,28);(H,6,7). The molecular weight excluding hydrogens is 481 g/mol. The molecule has 0 unspecified atom stereocenters. The lowest BCUT2D eigenvalue weighted by atomic mass is 10.1. The van der Waals surface area contributed by atoms with Crippen LogP contribution in [0.4, 0.5) is 13.2 Å². The van der Waals surface area contributed by atoms with Crippen LogP contribution < -0.4 is 5.56 Å². The van der Waals surface area contributed by atoms with Crippen molar-refractivity contribution < 1.29 is 27.6 Å². The first-order valence-electron chi connectivity index (χ1n) is 11.2. The van der Waals surface area contributed by atoms with E-state index >= 15 is 0 Å². The van der Waals surface area contributed by atoms with Gasteiger partial charge in [0.05, 0.1) is 0 Å². The van der Waals surface area contributed by atoms with E-state index in [1.807, 2.05) is 19.1 Å². The fourth-order valence-electron chi connectivity index (χ4n) is 3.86. The zero-order valence-corrected chi connectivity index (χ0v) is 19.2. The highest BCUT2D eigenvalue weighted by Crippen LogP contribution is 2.23. The van der Waals surface area contributed by atoms with Crippen LogP contribution in [-0.4, -0.2) is 60.0 Å². The zero-order chi connectivity index (χ0) is 25.9. The number of benzene rings is 1. The first kappa shape index (κ1) is 25.1. The Hall–Kier alpha value is -4.00. The van der Waals surface area contributed by atoms with Crippen molar-refractivity contribution in [3.8, 4) is 23.0 Å². The molecule has 13 heteroatoms. The number of fused-ring (bicyclic) bond motifs is 1. The molecule has 190 valence electrons. The number of nitrogens with one attached hydrogen (secondary N) is 1. The largest absolute Gasteiger partial charge is 0.490 e. The quantitative estimate of drug-likeness (QED) is 0.431. The zero-order valence-electron chi connectivity index (χ0n) is 19.2. The monoisotopic (exact) mass is 504 g/mol. The Kier molecular flexibility index (Phi) is 7.20. The molecule has 1 fully saturated rings. The highest BCUT2D eigenvalue weighted by Gasteiger charge is 2.38. The summed E-state index contributed by atoms with van der Waals surface area (Å²) in [7, 11) is 0. The van der Waals surface area contributed by atoms with E-state index in [9.17, 15) is 18.0 Å². The average Bonchev–Trinajstić information content (AvgIpc) is 3.47. The van der Waals surface area contributed by atoms with Crippen molar-refractivity contribution >= 4 is 11.5 Å². The number of carboxylic acid groups (broad SMARTS) is 1. The Balaban J connectivity index is 0.000000384. The van der Waals surface area contributed by atoms with Crippen LogP contribution in [-0.2, 0) is 11.3 Å². The fraction of sp³-hybridized carbons (Fsp3) is 0.348. The molecule has 36 heavy (non-hydrogen) atoms. The lowest BCUT2D eigenvalue weighted by Gasteiger charge is -2.26. The molecule has 0 saturated carbocycles. The van der Waals surface area contributed by atoms with Gasteiger partial charge in [0.25, 0.3) is 11.4 Å². The first-order valence-corrected chi connectivity index (χ1v) is 11.2. The molecule has 1 aromatic carbocycles. The maximum absolute atomic E-state index is 12.1. The Morgan fingerprint density at radius 3 is 2.61 bits per heavy atom. The van der Waals surface area contributed by atoms with Crippen molar-refractivity contribution in [2.75, 3.05) is 13.1 Å². The van der Waals surface area contributed by atoms with Crippen molar-refractivity contribution in [1.29, 1.82) is 0 Å². The number of alkyl halides is 3. The third-order valence-corrected chi connectivity index (χ3v) is 5.52. The van der Waals surface area contributed by atoms with Crippen LogP contribution in [0.5, 0.6) is 0 Å². The van der Waals surface area contributed by atoms with Crippen LogP contribution in [0, 0.1) is 6.92 Å². The Morgan fingerprint density at radius 2 is 1.92 bits per heavy atom. The number of H-pyrrole nitrogens is 1. The fourth-order valence-corrected chi connectivity index (χ4v) is 3.86. The number of aromatic nitrogens is 5. The summed E-state index contributed by atoms with van der Waals surface area (Å²) in [5.41, 5.74) is 3.60. The highest BCUT2D eigenvalue weighted by atomic mass is 19.4. The summed E-state index contributed by atoms with van der Waals surface area (Å²) in [5.74, 6) is -1.95. The minimum Gasteiger partial charge on any atom is -0.475 e. The summed E-state index contributed by atoms with van der Waals surface area (Å²) in [4.78, 5) is 30.7.